The van der Waals surface area contributed by atoms with Crippen LogP contribution in [0.1, 0.15) is 39.4 Å². The lowest BCUT2D eigenvalue weighted by Crippen LogP contribution is -2.54. The van der Waals surface area contributed by atoms with Crippen molar-refractivity contribution >= 4 is 44.9 Å². The average Bonchev–Trinajstić information content (AvgIpc) is 3.80. The third kappa shape index (κ3) is 5.94. The van der Waals surface area contributed by atoms with Gasteiger partial charge in [-0.15, -0.1) is 11.3 Å². The Morgan fingerprint density at radius 2 is 1.53 bits per heavy atom. The van der Waals surface area contributed by atoms with E-state index in [-0.39, 0.29) is 37.1 Å². The van der Waals surface area contributed by atoms with Crippen LogP contribution in [0.4, 0.5) is 4.39 Å². The summed E-state index contributed by atoms with van der Waals surface area (Å²) in [5.74, 6) is -2.40. The fourth-order valence-electron chi connectivity index (χ4n) is 6.98. The monoisotopic (exact) mass is 645 g/mol. The highest BCUT2D eigenvalue weighted by Crippen LogP contribution is 2.34. The van der Waals surface area contributed by atoms with E-state index < -0.39 is 35.8 Å². The van der Waals surface area contributed by atoms with Crippen LogP contribution in [0.15, 0.2) is 115 Å². The maximum atomic E-state index is 14.4. The molecule has 1 N–H and O–H groups in total. The number of fused-ring (bicyclic) bond motifs is 2. The van der Waals surface area contributed by atoms with E-state index >= 15 is 0 Å². The standard InChI is InChI=1S/C38H32FN3O4S/c39-27-15-9-10-24(20-27)21-30(40-36(44)34(25-11-3-1-4-12-25)26-13-5-2-6-14-26)38(46)41-19-18-31-35(41)32(43)22-42(31)37(45)29-23-47-33-17-8-7-16-28(29)33/h1-17,20,23,30-31,34-35H,18-19,21-22H2,(H,40,44)/t30-,31?,35?/m0/s1. The van der Waals surface area contributed by atoms with Crippen molar-refractivity contribution in [3.63, 3.8) is 0 Å². The largest absolute Gasteiger partial charge is 0.343 e. The van der Waals surface area contributed by atoms with Gasteiger partial charge in [-0.3, -0.25) is 19.2 Å². The molecule has 9 heteroatoms. The Kier molecular flexibility index (Phi) is 8.39. The fraction of sp³-hybridized carbons (Fsp3) is 0.211. The van der Waals surface area contributed by atoms with Gasteiger partial charge in [-0.1, -0.05) is 91.0 Å². The minimum atomic E-state index is -1.07. The molecule has 3 heterocycles. The number of nitrogens with one attached hydrogen (secondary N) is 1. The molecule has 2 fully saturated rings. The summed E-state index contributed by atoms with van der Waals surface area (Å²) in [7, 11) is 0. The molecule has 1 aromatic heterocycles. The molecule has 47 heavy (non-hydrogen) atoms. The second-order valence-electron chi connectivity index (χ2n) is 12.0. The first kappa shape index (κ1) is 30.5. The van der Waals surface area contributed by atoms with Gasteiger partial charge >= 0.3 is 0 Å². The minimum Gasteiger partial charge on any atom is -0.343 e. The maximum Gasteiger partial charge on any atom is 0.256 e. The molecule has 2 aliphatic heterocycles. The summed E-state index contributed by atoms with van der Waals surface area (Å²) in [6.45, 7) is 0.164. The highest BCUT2D eigenvalue weighted by molar-refractivity contribution is 7.17. The third-order valence-corrected chi connectivity index (χ3v) is 10.1. The number of halogens is 1. The Balaban J connectivity index is 1.17. The molecule has 2 saturated heterocycles. The molecule has 0 bridgehead atoms. The first-order valence-corrected chi connectivity index (χ1v) is 16.5. The van der Waals surface area contributed by atoms with E-state index in [1.807, 2.05) is 90.3 Å². The average molecular weight is 646 g/mol. The Labute approximate surface area is 275 Å². The Bertz CT molecular complexity index is 1920. The molecular weight excluding hydrogens is 614 g/mol. The summed E-state index contributed by atoms with van der Waals surface area (Å²) in [6, 6.07) is 29.9. The van der Waals surface area contributed by atoms with Crippen LogP contribution in [0.5, 0.6) is 0 Å². The zero-order chi connectivity index (χ0) is 32.5. The van der Waals surface area contributed by atoms with Gasteiger partial charge in [0, 0.05) is 28.4 Å². The fourth-order valence-corrected chi connectivity index (χ4v) is 7.91. The third-order valence-electron chi connectivity index (χ3n) is 9.15. The lowest BCUT2D eigenvalue weighted by Gasteiger charge is -2.29. The van der Waals surface area contributed by atoms with E-state index in [9.17, 15) is 23.6 Å². The van der Waals surface area contributed by atoms with Gasteiger partial charge in [0.15, 0.2) is 5.78 Å². The van der Waals surface area contributed by atoms with Crippen molar-refractivity contribution in [2.45, 2.75) is 36.9 Å². The second-order valence-corrected chi connectivity index (χ2v) is 12.9. The Hall–Kier alpha value is -5.15. The molecule has 4 aromatic carbocycles. The van der Waals surface area contributed by atoms with Crippen molar-refractivity contribution in [1.82, 2.24) is 15.1 Å². The first-order valence-electron chi connectivity index (χ1n) is 15.6. The molecule has 2 unspecified atom stereocenters. The highest BCUT2D eigenvalue weighted by atomic mass is 32.1. The number of carbonyl (C=O) groups excluding carboxylic acids is 4. The summed E-state index contributed by atoms with van der Waals surface area (Å²) in [5, 5.41) is 5.65. The van der Waals surface area contributed by atoms with Crippen LogP contribution in [0.2, 0.25) is 0 Å². The molecular formula is C38H32FN3O4S. The van der Waals surface area contributed by atoms with Gasteiger partial charge < -0.3 is 15.1 Å². The minimum absolute atomic E-state index is 0.0320. The number of amides is 3. The van der Waals surface area contributed by atoms with E-state index in [0.29, 0.717) is 17.5 Å². The van der Waals surface area contributed by atoms with Crippen LogP contribution in [-0.4, -0.2) is 64.5 Å². The van der Waals surface area contributed by atoms with Crippen molar-refractivity contribution in [1.29, 1.82) is 0 Å². The molecule has 0 radical (unpaired) electrons. The van der Waals surface area contributed by atoms with Gasteiger partial charge in [0.05, 0.1) is 24.1 Å². The number of Topliss-reactive ketones (excluding diaryl/α,β-unsaturated/α-hetero) is 1. The SMILES string of the molecule is O=C(N[C@@H](Cc1cccc(F)c1)C(=O)N1CCC2C1C(=O)CN2C(=O)c1csc2ccccc12)C(c1ccccc1)c1ccccc1. The van der Waals surface area contributed by atoms with Gasteiger partial charge in [-0.25, -0.2) is 4.39 Å². The molecule has 2 aliphatic rings. The second kappa shape index (κ2) is 12.9. The van der Waals surface area contributed by atoms with Gasteiger partial charge in [0.2, 0.25) is 11.8 Å². The normalized spacial score (nSPS) is 18.0. The smallest absolute Gasteiger partial charge is 0.256 e. The molecule has 236 valence electrons. The maximum absolute atomic E-state index is 14.4. The van der Waals surface area contributed by atoms with E-state index in [4.69, 9.17) is 0 Å². The molecule has 0 aliphatic carbocycles. The van der Waals surface area contributed by atoms with Crippen molar-refractivity contribution in [2.24, 2.45) is 0 Å². The van der Waals surface area contributed by atoms with E-state index in [1.165, 1.54) is 28.4 Å². The Morgan fingerprint density at radius 3 is 2.23 bits per heavy atom. The van der Waals surface area contributed by atoms with Crippen molar-refractivity contribution in [3.05, 3.63) is 143 Å². The predicted molar refractivity (Wildman–Crippen MR) is 179 cm³/mol. The molecule has 5 aromatic rings. The van der Waals surface area contributed by atoms with Crippen molar-refractivity contribution in [2.75, 3.05) is 13.1 Å². The number of thiophene rings is 1. The number of rotatable bonds is 8. The lowest BCUT2D eigenvalue weighted by atomic mass is 9.90. The van der Waals surface area contributed by atoms with Crippen LogP contribution >= 0.6 is 11.3 Å². The first-order chi connectivity index (χ1) is 22.9. The van der Waals surface area contributed by atoms with E-state index in [1.54, 1.807) is 17.0 Å². The van der Waals surface area contributed by atoms with Crippen molar-refractivity contribution < 1.29 is 23.6 Å². The van der Waals surface area contributed by atoms with Crippen molar-refractivity contribution in [3.8, 4) is 0 Å². The molecule has 3 atom stereocenters. The van der Waals surface area contributed by atoms with Crippen LogP contribution in [0.25, 0.3) is 10.1 Å². The molecule has 7 nitrogen and oxygen atoms in total. The molecule has 0 spiro atoms. The number of hydrogen-bond acceptors (Lipinski definition) is 5. The number of nitrogens with zero attached hydrogens (tertiary/aromatic N) is 2. The summed E-state index contributed by atoms with van der Waals surface area (Å²) >= 11 is 1.48. The summed E-state index contributed by atoms with van der Waals surface area (Å²) < 4.78 is 15.2. The molecule has 3 amide bonds. The predicted octanol–water partition coefficient (Wildman–Crippen LogP) is 5.59. The van der Waals surface area contributed by atoms with Crippen LogP contribution < -0.4 is 5.32 Å². The quantitative estimate of drug-likeness (QED) is 0.238. The highest BCUT2D eigenvalue weighted by Gasteiger charge is 2.52. The molecule has 0 saturated carbocycles. The van der Waals surface area contributed by atoms with Gasteiger partial charge in [-0.2, -0.15) is 0 Å². The molecule has 7 rings (SSSR count). The number of carbonyl (C=O) groups is 4. The summed E-state index contributed by atoms with van der Waals surface area (Å²) in [6.07, 6.45) is 0.470. The topological polar surface area (TPSA) is 86.8 Å². The summed E-state index contributed by atoms with van der Waals surface area (Å²) in [4.78, 5) is 58.9. The van der Waals surface area contributed by atoms with Gasteiger partial charge in [0.25, 0.3) is 5.91 Å². The Morgan fingerprint density at radius 1 is 0.851 bits per heavy atom. The zero-order valence-corrected chi connectivity index (χ0v) is 26.2. The lowest BCUT2D eigenvalue weighted by molar-refractivity contribution is -0.140. The number of ketones is 1. The number of likely N-dealkylation sites (tertiary alicyclic amines) is 2. The number of benzene rings is 4. The van der Waals surface area contributed by atoms with E-state index in [0.717, 1.165) is 21.2 Å². The zero-order valence-electron chi connectivity index (χ0n) is 25.4. The van der Waals surface area contributed by atoms with Crippen LogP contribution in [-0.2, 0) is 20.8 Å². The number of hydrogen-bond donors (Lipinski definition) is 1. The van der Waals surface area contributed by atoms with Crippen LogP contribution in [0.3, 0.4) is 0 Å². The van der Waals surface area contributed by atoms with E-state index in [2.05, 4.69) is 5.32 Å². The van der Waals surface area contributed by atoms with Gasteiger partial charge in [-0.05, 0) is 41.3 Å². The van der Waals surface area contributed by atoms with Gasteiger partial charge in [0.1, 0.15) is 17.9 Å². The summed E-state index contributed by atoms with van der Waals surface area (Å²) in [5.41, 5.74) is 2.60. The van der Waals surface area contributed by atoms with Crippen LogP contribution in [0, 0.1) is 5.82 Å².